The molecule has 4 heteroatoms. The molecule has 0 aliphatic carbocycles. The fraction of sp³-hybridized carbons (Fsp3) is 0.571. The van der Waals surface area contributed by atoms with Gasteiger partial charge in [-0.25, -0.2) is 0 Å². The van der Waals surface area contributed by atoms with Crippen LogP contribution in [0.15, 0.2) is 18.2 Å². The van der Waals surface area contributed by atoms with E-state index in [2.05, 4.69) is 10.6 Å². The molecule has 2 rings (SSSR count). The second-order valence-electron chi connectivity index (χ2n) is 4.66. The predicted octanol–water partition coefficient (Wildman–Crippen LogP) is 1.06. The van der Waals surface area contributed by atoms with E-state index in [1.807, 2.05) is 18.2 Å². The predicted molar refractivity (Wildman–Crippen MR) is 72.5 cm³/mol. The molecule has 1 aliphatic heterocycles. The molecule has 0 radical (unpaired) electrons. The lowest BCUT2D eigenvalue weighted by Gasteiger charge is -2.27. The Labute approximate surface area is 109 Å². The maximum atomic E-state index is 5.36. The highest BCUT2D eigenvalue weighted by Gasteiger charge is 2.15. The standard InChI is InChI=1S/C14H22N2O2/c1-17-13-3-4-14(18-2)12(7-13)5-6-15-8-11-9-16-10-11/h3-4,7,11,15-16H,5-6,8-10H2,1-2H3. The molecular formula is C14H22N2O2. The Morgan fingerprint density at radius 2 is 2.11 bits per heavy atom. The van der Waals surface area contributed by atoms with Crippen molar-refractivity contribution in [3.63, 3.8) is 0 Å². The average molecular weight is 250 g/mol. The fourth-order valence-corrected chi connectivity index (χ4v) is 2.10. The van der Waals surface area contributed by atoms with Crippen LogP contribution < -0.4 is 20.1 Å². The van der Waals surface area contributed by atoms with Crippen LogP contribution in [0.25, 0.3) is 0 Å². The topological polar surface area (TPSA) is 42.5 Å². The van der Waals surface area contributed by atoms with Gasteiger partial charge in [-0.2, -0.15) is 0 Å². The number of hydrogen-bond acceptors (Lipinski definition) is 4. The summed E-state index contributed by atoms with van der Waals surface area (Å²) in [6, 6.07) is 5.94. The molecule has 0 unspecified atom stereocenters. The summed E-state index contributed by atoms with van der Waals surface area (Å²) in [5.41, 5.74) is 1.19. The van der Waals surface area contributed by atoms with Gasteiger partial charge in [0.05, 0.1) is 14.2 Å². The van der Waals surface area contributed by atoms with Crippen LogP contribution in [0.5, 0.6) is 11.5 Å². The Kier molecular flexibility index (Phi) is 4.84. The second-order valence-corrected chi connectivity index (χ2v) is 4.66. The maximum absolute atomic E-state index is 5.36. The highest BCUT2D eigenvalue weighted by atomic mass is 16.5. The molecule has 0 spiro atoms. The third kappa shape index (κ3) is 3.37. The molecule has 2 N–H and O–H groups in total. The van der Waals surface area contributed by atoms with Gasteiger partial charge in [0.15, 0.2) is 0 Å². The van der Waals surface area contributed by atoms with E-state index in [0.29, 0.717) is 0 Å². The summed E-state index contributed by atoms with van der Waals surface area (Å²) in [7, 11) is 3.40. The van der Waals surface area contributed by atoms with E-state index in [1.165, 1.54) is 5.56 Å². The summed E-state index contributed by atoms with van der Waals surface area (Å²) >= 11 is 0. The minimum atomic E-state index is 0.803. The van der Waals surface area contributed by atoms with E-state index in [1.54, 1.807) is 14.2 Å². The Morgan fingerprint density at radius 3 is 2.72 bits per heavy atom. The van der Waals surface area contributed by atoms with Crippen LogP contribution in [0, 0.1) is 5.92 Å². The first kappa shape index (κ1) is 13.2. The summed E-state index contributed by atoms with van der Waals surface area (Å²) in [6.45, 7) is 4.37. The smallest absolute Gasteiger partial charge is 0.122 e. The first-order valence-corrected chi connectivity index (χ1v) is 6.46. The van der Waals surface area contributed by atoms with Gasteiger partial charge in [0.1, 0.15) is 11.5 Å². The molecule has 4 nitrogen and oxygen atoms in total. The summed E-state index contributed by atoms with van der Waals surface area (Å²) in [5, 5.41) is 6.76. The molecule has 1 aliphatic rings. The lowest BCUT2D eigenvalue weighted by atomic mass is 10.0. The van der Waals surface area contributed by atoms with Crippen molar-refractivity contribution in [2.45, 2.75) is 6.42 Å². The summed E-state index contributed by atoms with van der Waals surface area (Å²) in [6.07, 6.45) is 0.959. The van der Waals surface area contributed by atoms with Crippen molar-refractivity contribution in [3.8, 4) is 11.5 Å². The van der Waals surface area contributed by atoms with Gasteiger partial charge in [-0.05, 0) is 42.6 Å². The summed E-state index contributed by atoms with van der Waals surface area (Å²) < 4.78 is 10.6. The molecule has 18 heavy (non-hydrogen) atoms. The lowest BCUT2D eigenvalue weighted by Crippen LogP contribution is -2.47. The molecule has 1 aromatic rings. The minimum absolute atomic E-state index is 0.803. The Hall–Kier alpha value is -1.26. The molecular weight excluding hydrogens is 228 g/mol. The number of nitrogens with one attached hydrogen (secondary N) is 2. The third-order valence-corrected chi connectivity index (χ3v) is 3.36. The zero-order valence-electron chi connectivity index (χ0n) is 11.2. The number of ether oxygens (including phenoxy) is 2. The van der Waals surface area contributed by atoms with E-state index in [9.17, 15) is 0 Å². The number of benzene rings is 1. The Morgan fingerprint density at radius 1 is 1.28 bits per heavy atom. The molecule has 1 aromatic carbocycles. The van der Waals surface area contributed by atoms with Crippen molar-refractivity contribution < 1.29 is 9.47 Å². The van der Waals surface area contributed by atoms with Crippen LogP contribution >= 0.6 is 0 Å². The van der Waals surface area contributed by atoms with Gasteiger partial charge >= 0.3 is 0 Å². The summed E-state index contributed by atoms with van der Waals surface area (Å²) in [5.74, 6) is 2.62. The first-order chi connectivity index (χ1) is 8.83. The van der Waals surface area contributed by atoms with E-state index >= 15 is 0 Å². The van der Waals surface area contributed by atoms with Crippen molar-refractivity contribution >= 4 is 0 Å². The first-order valence-electron chi connectivity index (χ1n) is 6.46. The number of rotatable bonds is 7. The van der Waals surface area contributed by atoms with Gasteiger partial charge in [-0.3, -0.25) is 0 Å². The number of methoxy groups -OCH3 is 2. The van der Waals surface area contributed by atoms with E-state index in [-0.39, 0.29) is 0 Å². The van der Waals surface area contributed by atoms with Crippen molar-refractivity contribution in [1.82, 2.24) is 10.6 Å². The quantitative estimate of drug-likeness (QED) is 0.710. The van der Waals surface area contributed by atoms with E-state index in [4.69, 9.17) is 9.47 Å². The van der Waals surface area contributed by atoms with E-state index in [0.717, 1.165) is 50.0 Å². The van der Waals surface area contributed by atoms with Gasteiger partial charge in [-0.15, -0.1) is 0 Å². The van der Waals surface area contributed by atoms with Crippen LogP contribution in [0.4, 0.5) is 0 Å². The fourth-order valence-electron chi connectivity index (χ4n) is 2.10. The Bertz CT molecular complexity index is 378. The normalized spacial score (nSPS) is 15.2. The van der Waals surface area contributed by atoms with Gasteiger partial charge in [0.2, 0.25) is 0 Å². The monoisotopic (exact) mass is 250 g/mol. The molecule has 0 aromatic heterocycles. The second kappa shape index (κ2) is 6.61. The lowest BCUT2D eigenvalue weighted by molar-refractivity contribution is 0.332. The zero-order chi connectivity index (χ0) is 12.8. The average Bonchev–Trinajstić information content (AvgIpc) is 2.36. The number of hydrogen-bond donors (Lipinski definition) is 2. The molecule has 0 saturated carbocycles. The molecule has 0 atom stereocenters. The molecule has 0 amide bonds. The van der Waals surface area contributed by atoms with Crippen molar-refractivity contribution in [2.75, 3.05) is 40.4 Å². The highest BCUT2D eigenvalue weighted by Crippen LogP contribution is 2.24. The van der Waals surface area contributed by atoms with Gasteiger partial charge in [0, 0.05) is 19.6 Å². The van der Waals surface area contributed by atoms with Crippen molar-refractivity contribution in [2.24, 2.45) is 5.92 Å². The largest absolute Gasteiger partial charge is 0.497 e. The summed E-state index contributed by atoms with van der Waals surface area (Å²) in [4.78, 5) is 0. The van der Waals surface area contributed by atoms with E-state index < -0.39 is 0 Å². The van der Waals surface area contributed by atoms with Crippen LogP contribution in [-0.2, 0) is 6.42 Å². The highest BCUT2D eigenvalue weighted by molar-refractivity contribution is 5.40. The van der Waals surface area contributed by atoms with Gasteiger partial charge in [-0.1, -0.05) is 0 Å². The molecule has 0 bridgehead atoms. The van der Waals surface area contributed by atoms with Crippen LogP contribution in [-0.4, -0.2) is 40.4 Å². The SMILES string of the molecule is COc1ccc(OC)c(CCNCC2CNC2)c1. The molecule has 100 valence electrons. The van der Waals surface area contributed by atoms with Crippen LogP contribution in [0.2, 0.25) is 0 Å². The van der Waals surface area contributed by atoms with Crippen LogP contribution in [0.1, 0.15) is 5.56 Å². The Balaban J connectivity index is 1.82. The molecule has 1 fully saturated rings. The van der Waals surface area contributed by atoms with Crippen LogP contribution in [0.3, 0.4) is 0 Å². The molecule has 1 saturated heterocycles. The maximum Gasteiger partial charge on any atom is 0.122 e. The van der Waals surface area contributed by atoms with Gasteiger partial charge in [0.25, 0.3) is 0 Å². The zero-order valence-corrected chi connectivity index (χ0v) is 11.2. The van der Waals surface area contributed by atoms with Gasteiger partial charge < -0.3 is 20.1 Å². The van der Waals surface area contributed by atoms with Crippen molar-refractivity contribution in [3.05, 3.63) is 23.8 Å². The minimum Gasteiger partial charge on any atom is -0.497 e. The van der Waals surface area contributed by atoms with Crippen molar-refractivity contribution in [1.29, 1.82) is 0 Å². The molecule has 1 heterocycles. The third-order valence-electron chi connectivity index (χ3n) is 3.36.